The van der Waals surface area contributed by atoms with Crippen LogP contribution in [0.2, 0.25) is 0 Å². The van der Waals surface area contributed by atoms with Crippen LogP contribution in [-0.4, -0.2) is 0 Å². The highest BCUT2D eigenvalue weighted by molar-refractivity contribution is 5.15. The van der Waals surface area contributed by atoms with Crippen LogP contribution in [0.5, 0.6) is 0 Å². The van der Waals surface area contributed by atoms with Gasteiger partial charge in [-0.3, -0.25) is 0 Å². The van der Waals surface area contributed by atoms with Gasteiger partial charge in [0.25, 0.3) is 0 Å². The lowest BCUT2D eigenvalue weighted by Gasteiger charge is -1.87. The van der Waals surface area contributed by atoms with Gasteiger partial charge in [-0.2, -0.15) is 0 Å². The second kappa shape index (κ2) is 42.7. The second-order valence-electron chi connectivity index (χ2n) is 5.61. The average Bonchev–Trinajstić information content (AvgIpc) is 2.48. The van der Waals surface area contributed by atoms with E-state index in [1.54, 1.807) is 0 Å². The van der Waals surface area contributed by atoms with E-state index in [9.17, 15) is 0 Å². The summed E-state index contributed by atoms with van der Waals surface area (Å²) in [6.07, 6.45) is 12.7. The molecule has 0 heteroatoms. The van der Waals surface area contributed by atoms with Gasteiger partial charge in [-0.05, 0) is 25.7 Å². The molecule has 0 amide bonds. The van der Waals surface area contributed by atoms with E-state index in [-0.39, 0.29) is 0 Å². The van der Waals surface area contributed by atoms with Crippen LogP contribution in [0.15, 0.2) is 37.0 Å². The summed E-state index contributed by atoms with van der Waals surface area (Å²) in [5, 5.41) is 0. The number of rotatable bonds is 4. The topological polar surface area (TPSA) is 0 Å². The highest BCUT2D eigenvalue weighted by Crippen LogP contribution is 1.97. The van der Waals surface area contributed by atoms with Crippen molar-refractivity contribution >= 4 is 0 Å². The largest absolute Gasteiger partial charge is 0.106 e. The van der Waals surface area contributed by atoms with Crippen molar-refractivity contribution in [3.05, 3.63) is 37.0 Å². The minimum absolute atomic E-state index is 0.833. The normalized spacial score (nSPS) is 9.32. The number of allylic oxidation sites excluding steroid dienone is 4. The van der Waals surface area contributed by atoms with Crippen LogP contribution in [0.4, 0.5) is 0 Å². The van der Waals surface area contributed by atoms with Crippen LogP contribution in [-0.2, 0) is 0 Å². The first kappa shape index (κ1) is 33.0. The molecular weight excluding hydrogens is 264 g/mol. The molecular formula is C22H48. The van der Waals surface area contributed by atoms with Gasteiger partial charge < -0.3 is 0 Å². The van der Waals surface area contributed by atoms with Crippen molar-refractivity contribution in [1.29, 1.82) is 0 Å². The summed E-state index contributed by atoms with van der Waals surface area (Å²) in [7, 11) is 0. The molecule has 0 bridgehead atoms. The Morgan fingerprint density at radius 1 is 0.818 bits per heavy atom. The van der Waals surface area contributed by atoms with Crippen molar-refractivity contribution in [2.75, 3.05) is 0 Å². The van der Waals surface area contributed by atoms with Crippen LogP contribution in [0, 0.1) is 5.92 Å². The van der Waals surface area contributed by atoms with Gasteiger partial charge in [0, 0.05) is 0 Å². The van der Waals surface area contributed by atoms with Crippen molar-refractivity contribution in [2.45, 2.75) is 101 Å². The molecule has 0 saturated carbocycles. The van der Waals surface area contributed by atoms with Crippen LogP contribution < -0.4 is 0 Å². The molecule has 0 saturated heterocycles. The van der Waals surface area contributed by atoms with Gasteiger partial charge in [0.2, 0.25) is 0 Å². The summed E-state index contributed by atoms with van der Waals surface area (Å²) < 4.78 is 0. The lowest BCUT2D eigenvalue weighted by molar-refractivity contribution is 0.737. The Bertz CT molecular complexity index is 179. The molecule has 0 fully saturated rings. The molecule has 0 aliphatic carbocycles. The SMILES string of the molecule is C=C.CC(C)C.CC/C=C\C(C)=C/CC.CCC.CCCC. The van der Waals surface area contributed by atoms with Gasteiger partial charge in [0.1, 0.15) is 0 Å². The molecule has 22 heavy (non-hydrogen) atoms. The lowest BCUT2D eigenvalue weighted by Crippen LogP contribution is -1.66. The van der Waals surface area contributed by atoms with E-state index >= 15 is 0 Å². The number of hydrogen-bond donors (Lipinski definition) is 0. The molecule has 0 aromatic heterocycles. The minimum atomic E-state index is 0.833. The third-order valence-electron chi connectivity index (χ3n) is 1.64. The zero-order valence-corrected chi connectivity index (χ0v) is 17.8. The summed E-state index contributed by atoms with van der Waals surface area (Å²) in [6.45, 7) is 27.6. The van der Waals surface area contributed by atoms with E-state index in [1.807, 2.05) is 0 Å². The van der Waals surface area contributed by atoms with Gasteiger partial charge in [-0.1, -0.05) is 105 Å². The van der Waals surface area contributed by atoms with E-state index in [4.69, 9.17) is 0 Å². The van der Waals surface area contributed by atoms with Crippen molar-refractivity contribution in [3.8, 4) is 0 Å². The first-order valence-corrected chi connectivity index (χ1v) is 9.20. The van der Waals surface area contributed by atoms with Gasteiger partial charge >= 0.3 is 0 Å². The summed E-state index contributed by atoms with van der Waals surface area (Å²) in [6, 6.07) is 0. The Labute approximate surface area is 144 Å². The maximum Gasteiger partial charge on any atom is -0.0374 e. The summed E-state index contributed by atoms with van der Waals surface area (Å²) >= 11 is 0. The van der Waals surface area contributed by atoms with Crippen LogP contribution in [0.3, 0.4) is 0 Å². The van der Waals surface area contributed by atoms with Crippen LogP contribution in [0.25, 0.3) is 0 Å². The highest BCUT2D eigenvalue weighted by atomic mass is 13.8. The molecule has 0 aliphatic heterocycles. The molecule has 0 spiro atoms. The molecule has 0 nitrogen and oxygen atoms in total. The number of hydrogen-bond acceptors (Lipinski definition) is 0. The highest BCUT2D eigenvalue weighted by Gasteiger charge is 1.75. The van der Waals surface area contributed by atoms with E-state index < -0.39 is 0 Å². The fourth-order valence-corrected chi connectivity index (χ4v) is 0.694. The predicted molar refractivity (Wildman–Crippen MR) is 112 cm³/mol. The van der Waals surface area contributed by atoms with Gasteiger partial charge in [-0.15, -0.1) is 13.2 Å². The van der Waals surface area contributed by atoms with Crippen molar-refractivity contribution in [1.82, 2.24) is 0 Å². The first-order valence-electron chi connectivity index (χ1n) is 9.20. The standard InChI is InChI=1S/C9H16.2C4H10.C3H8.C2H4/c1-4-6-8-9(3)7-5-2;1-4(2)3;1-3-4-2;1-3-2;1-2/h6-8H,4-5H2,1-3H3;4H,1-3H3;3-4H2,1-2H3;3H2,1-2H3;1-2H2/b8-6-,9-7-;;;;. The lowest BCUT2D eigenvalue weighted by atomic mass is 10.2. The second-order valence-corrected chi connectivity index (χ2v) is 5.61. The predicted octanol–water partition coefficient (Wildman–Crippen LogP) is 9.00. The van der Waals surface area contributed by atoms with E-state index in [2.05, 4.69) is 101 Å². The third-order valence-corrected chi connectivity index (χ3v) is 1.64. The van der Waals surface area contributed by atoms with Gasteiger partial charge in [0.15, 0.2) is 0 Å². The molecule has 0 aromatic carbocycles. The maximum absolute atomic E-state index is 3.00. The first-order chi connectivity index (χ1) is 10.4. The zero-order chi connectivity index (χ0) is 18.8. The molecule has 0 aliphatic rings. The molecule has 0 rings (SSSR count). The molecule has 0 unspecified atom stereocenters. The van der Waals surface area contributed by atoms with Gasteiger partial charge in [0.05, 0.1) is 0 Å². The Morgan fingerprint density at radius 3 is 1.32 bits per heavy atom. The Kier molecular flexibility index (Phi) is 64.1. The van der Waals surface area contributed by atoms with Gasteiger partial charge in [-0.25, -0.2) is 0 Å². The van der Waals surface area contributed by atoms with Crippen molar-refractivity contribution in [3.63, 3.8) is 0 Å². The monoisotopic (exact) mass is 312 g/mol. The molecule has 0 aromatic rings. The van der Waals surface area contributed by atoms with E-state index in [1.165, 1.54) is 24.8 Å². The zero-order valence-electron chi connectivity index (χ0n) is 17.8. The Balaban J connectivity index is -0.0000000626. The molecule has 0 atom stereocenters. The Hall–Kier alpha value is -0.780. The van der Waals surface area contributed by atoms with E-state index in [0.29, 0.717) is 0 Å². The average molecular weight is 313 g/mol. The minimum Gasteiger partial charge on any atom is -0.106 e. The molecule has 0 radical (unpaired) electrons. The van der Waals surface area contributed by atoms with E-state index in [0.717, 1.165) is 18.8 Å². The Morgan fingerprint density at radius 2 is 1.14 bits per heavy atom. The van der Waals surface area contributed by atoms with Crippen molar-refractivity contribution in [2.24, 2.45) is 5.92 Å². The van der Waals surface area contributed by atoms with Crippen LogP contribution >= 0.6 is 0 Å². The maximum atomic E-state index is 3.00. The summed E-state index contributed by atoms with van der Waals surface area (Å²) in [4.78, 5) is 0. The molecule has 136 valence electrons. The fourth-order valence-electron chi connectivity index (χ4n) is 0.694. The number of unbranched alkanes of at least 4 members (excludes halogenated alkanes) is 1. The quantitative estimate of drug-likeness (QED) is 0.359. The molecule has 0 heterocycles. The molecule has 0 N–H and O–H groups in total. The van der Waals surface area contributed by atoms with Crippen LogP contribution in [0.1, 0.15) is 101 Å². The van der Waals surface area contributed by atoms with Crippen molar-refractivity contribution < 1.29 is 0 Å². The summed E-state index contributed by atoms with van der Waals surface area (Å²) in [5.41, 5.74) is 1.37. The fraction of sp³-hybridized carbons (Fsp3) is 0.727. The summed E-state index contributed by atoms with van der Waals surface area (Å²) in [5.74, 6) is 0.833. The third kappa shape index (κ3) is 122. The smallest absolute Gasteiger partial charge is 0.0374 e.